The first-order valence-corrected chi connectivity index (χ1v) is 11.5. The number of ether oxygens (including phenoxy) is 3. The number of carbonyl (C=O) groups excluding carboxylic acids is 2. The van der Waals surface area contributed by atoms with Gasteiger partial charge in [0.05, 0.1) is 25.2 Å². The predicted molar refractivity (Wildman–Crippen MR) is 110 cm³/mol. The van der Waals surface area contributed by atoms with Crippen molar-refractivity contribution in [1.29, 1.82) is 0 Å². The minimum Gasteiger partial charge on any atom is -0.466 e. The molecule has 8 heteroatoms. The van der Waals surface area contributed by atoms with Crippen molar-refractivity contribution in [3.63, 3.8) is 0 Å². The number of esters is 2. The van der Waals surface area contributed by atoms with Gasteiger partial charge in [0.2, 0.25) is 0 Å². The van der Waals surface area contributed by atoms with Crippen LogP contribution in [0.5, 0.6) is 0 Å². The van der Waals surface area contributed by atoms with E-state index in [1.165, 1.54) is 0 Å². The van der Waals surface area contributed by atoms with Crippen LogP contribution in [0.3, 0.4) is 0 Å². The summed E-state index contributed by atoms with van der Waals surface area (Å²) < 4.78 is 17.7. The molecule has 0 spiro atoms. The normalized spacial score (nSPS) is 28.3. The van der Waals surface area contributed by atoms with E-state index in [1.54, 1.807) is 5.06 Å². The van der Waals surface area contributed by atoms with Gasteiger partial charge < -0.3 is 14.2 Å². The Morgan fingerprint density at radius 2 is 1.67 bits per heavy atom. The van der Waals surface area contributed by atoms with E-state index >= 15 is 0 Å². The van der Waals surface area contributed by atoms with Crippen molar-refractivity contribution >= 4 is 11.9 Å². The maximum Gasteiger partial charge on any atom is 0.373 e. The molecule has 2 saturated heterocycles. The van der Waals surface area contributed by atoms with E-state index < -0.39 is 17.4 Å². The molecule has 1 atom stereocenters. The van der Waals surface area contributed by atoms with E-state index in [4.69, 9.17) is 19.0 Å². The van der Waals surface area contributed by atoms with E-state index in [2.05, 4.69) is 4.90 Å². The minimum atomic E-state index is -1.37. The summed E-state index contributed by atoms with van der Waals surface area (Å²) in [5.41, 5.74) is -0.632. The molecule has 30 heavy (non-hydrogen) atoms. The van der Waals surface area contributed by atoms with Crippen LogP contribution >= 0.6 is 0 Å². The Labute approximate surface area is 180 Å². The molecule has 8 nitrogen and oxygen atoms in total. The Hall–Kier alpha value is -1.22. The summed E-state index contributed by atoms with van der Waals surface area (Å²) in [4.78, 5) is 33.7. The molecule has 1 saturated carbocycles. The molecule has 0 aromatic rings. The van der Waals surface area contributed by atoms with Gasteiger partial charge in [-0.2, -0.15) is 0 Å². The van der Waals surface area contributed by atoms with Crippen LogP contribution in [-0.4, -0.2) is 72.3 Å². The summed E-state index contributed by atoms with van der Waals surface area (Å²) in [6.07, 6.45) is 5.54. The molecule has 3 fully saturated rings. The summed E-state index contributed by atoms with van der Waals surface area (Å²) in [5.74, 6) is -2.00. The predicted octanol–water partition coefficient (Wildman–Crippen LogP) is 2.85. The van der Waals surface area contributed by atoms with Gasteiger partial charge in [0.1, 0.15) is 5.60 Å². The topological polar surface area (TPSA) is 77.5 Å². The Morgan fingerprint density at radius 1 is 1.00 bits per heavy atom. The number of carbonyl (C=O) groups is 2. The summed E-state index contributed by atoms with van der Waals surface area (Å²) in [5, 5.41) is 1.70. The van der Waals surface area contributed by atoms with Crippen LogP contribution in [-0.2, 0) is 28.6 Å². The third kappa shape index (κ3) is 5.33. The quantitative estimate of drug-likeness (QED) is 0.575. The fraction of sp³-hybridized carbons (Fsp3) is 0.909. The fourth-order valence-corrected chi connectivity index (χ4v) is 4.53. The van der Waals surface area contributed by atoms with Crippen molar-refractivity contribution in [2.45, 2.75) is 90.2 Å². The molecule has 0 aromatic heterocycles. The Bertz CT molecular complexity index is 569. The third-order valence-electron chi connectivity index (χ3n) is 5.92. The average molecular weight is 427 g/mol. The SMILES string of the molecule is CCOC(=O)[C@H]1CC[C@H](OC(C(=O)OC(C)(C)C)(N2CCCC2)N2CCCO2)CC1. The van der Waals surface area contributed by atoms with Crippen LogP contribution in [0.1, 0.15) is 72.6 Å². The summed E-state index contributed by atoms with van der Waals surface area (Å²) in [6, 6.07) is 0. The largest absolute Gasteiger partial charge is 0.466 e. The van der Waals surface area contributed by atoms with E-state index in [-0.39, 0.29) is 18.0 Å². The fourth-order valence-electron chi connectivity index (χ4n) is 4.53. The lowest BCUT2D eigenvalue weighted by atomic mass is 9.87. The number of nitrogens with zero attached hydrogens (tertiary/aromatic N) is 2. The number of rotatable bonds is 7. The third-order valence-corrected chi connectivity index (χ3v) is 5.92. The van der Waals surface area contributed by atoms with Crippen molar-refractivity contribution in [3.05, 3.63) is 0 Å². The van der Waals surface area contributed by atoms with Crippen molar-refractivity contribution < 1.29 is 28.6 Å². The van der Waals surface area contributed by atoms with Crippen LogP contribution in [0.4, 0.5) is 0 Å². The molecular formula is C22H38N2O6. The summed E-state index contributed by atoms with van der Waals surface area (Å²) in [7, 11) is 0. The highest BCUT2D eigenvalue weighted by Crippen LogP contribution is 2.37. The number of hydroxylamine groups is 2. The molecule has 2 heterocycles. The molecule has 1 unspecified atom stereocenters. The average Bonchev–Trinajstić information content (AvgIpc) is 3.40. The smallest absolute Gasteiger partial charge is 0.373 e. The highest BCUT2D eigenvalue weighted by molar-refractivity contribution is 5.79. The van der Waals surface area contributed by atoms with Gasteiger partial charge in [0.25, 0.3) is 0 Å². The Morgan fingerprint density at radius 3 is 2.20 bits per heavy atom. The zero-order chi connectivity index (χ0) is 21.8. The lowest BCUT2D eigenvalue weighted by Crippen LogP contribution is -2.67. The summed E-state index contributed by atoms with van der Waals surface area (Å²) >= 11 is 0. The van der Waals surface area contributed by atoms with Gasteiger partial charge in [-0.3, -0.25) is 14.5 Å². The second-order valence-electron chi connectivity index (χ2n) is 9.44. The van der Waals surface area contributed by atoms with E-state index in [1.807, 2.05) is 27.7 Å². The van der Waals surface area contributed by atoms with Crippen LogP contribution < -0.4 is 0 Å². The molecule has 0 amide bonds. The first-order chi connectivity index (χ1) is 14.3. The molecule has 1 aliphatic carbocycles. The van der Waals surface area contributed by atoms with Crippen molar-refractivity contribution in [2.24, 2.45) is 5.92 Å². The lowest BCUT2D eigenvalue weighted by molar-refractivity contribution is -0.347. The van der Waals surface area contributed by atoms with Gasteiger partial charge in [-0.25, -0.2) is 4.79 Å². The molecule has 3 rings (SSSR count). The molecule has 3 aliphatic rings. The molecule has 0 aromatic carbocycles. The van der Waals surface area contributed by atoms with Crippen molar-refractivity contribution in [2.75, 3.05) is 32.8 Å². The zero-order valence-corrected chi connectivity index (χ0v) is 19.0. The monoisotopic (exact) mass is 426 g/mol. The first kappa shape index (κ1) is 23.4. The maximum absolute atomic E-state index is 13.6. The molecule has 0 N–H and O–H groups in total. The van der Waals surface area contributed by atoms with Gasteiger partial charge in [-0.1, -0.05) is 0 Å². The van der Waals surface area contributed by atoms with Crippen LogP contribution in [0.2, 0.25) is 0 Å². The van der Waals surface area contributed by atoms with Gasteiger partial charge in [-0.05, 0) is 72.6 Å². The molecule has 2 aliphatic heterocycles. The van der Waals surface area contributed by atoms with E-state index in [0.717, 1.165) is 32.4 Å². The first-order valence-electron chi connectivity index (χ1n) is 11.5. The second-order valence-corrected chi connectivity index (χ2v) is 9.44. The maximum atomic E-state index is 13.6. The van der Waals surface area contributed by atoms with E-state index in [9.17, 15) is 9.59 Å². The standard InChI is InChI=1S/C22H38N2O6/c1-5-27-19(25)17-9-11-18(12-10-17)29-22(23-13-6-7-14-23,24-15-8-16-28-24)20(26)30-21(2,3)4/h17-18H,5-16H2,1-4H3/t17-,18-,22?. The molecular weight excluding hydrogens is 388 g/mol. The van der Waals surface area contributed by atoms with Crippen LogP contribution in [0.25, 0.3) is 0 Å². The number of hydrogen-bond acceptors (Lipinski definition) is 8. The van der Waals surface area contributed by atoms with Crippen molar-refractivity contribution in [3.8, 4) is 0 Å². The highest BCUT2D eigenvalue weighted by atomic mass is 16.7. The molecule has 0 radical (unpaired) electrons. The van der Waals surface area contributed by atoms with Crippen LogP contribution in [0.15, 0.2) is 0 Å². The second kappa shape index (κ2) is 9.94. The van der Waals surface area contributed by atoms with Crippen LogP contribution in [0, 0.1) is 5.92 Å². The molecule has 172 valence electrons. The lowest BCUT2D eigenvalue weighted by Gasteiger charge is -2.47. The minimum absolute atomic E-state index is 0.0875. The van der Waals surface area contributed by atoms with Gasteiger partial charge >= 0.3 is 17.8 Å². The van der Waals surface area contributed by atoms with E-state index in [0.29, 0.717) is 45.4 Å². The highest BCUT2D eigenvalue weighted by Gasteiger charge is 2.57. The van der Waals surface area contributed by atoms with Gasteiger partial charge in [-0.15, -0.1) is 5.06 Å². The van der Waals surface area contributed by atoms with Gasteiger partial charge in [0, 0.05) is 19.6 Å². The molecule has 0 bridgehead atoms. The number of likely N-dealkylation sites (tertiary alicyclic amines) is 1. The Balaban J connectivity index is 1.80. The zero-order valence-electron chi connectivity index (χ0n) is 19.0. The Kier molecular flexibility index (Phi) is 7.76. The summed E-state index contributed by atoms with van der Waals surface area (Å²) in [6.45, 7) is 10.5. The van der Waals surface area contributed by atoms with Gasteiger partial charge in [0.15, 0.2) is 0 Å². The van der Waals surface area contributed by atoms with Crippen molar-refractivity contribution in [1.82, 2.24) is 9.96 Å². The number of hydrogen-bond donors (Lipinski definition) is 0.